The Kier molecular flexibility index (Phi) is 10.2. The lowest BCUT2D eigenvalue weighted by atomic mass is 9.85. The molecule has 0 spiro atoms. The fraction of sp³-hybridized carbons (Fsp3) is 0.462. The van der Waals surface area contributed by atoms with Gasteiger partial charge in [0.2, 0.25) is 0 Å². The summed E-state index contributed by atoms with van der Waals surface area (Å²) in [7, 11) is 1.50. The van der Waals surface area contributed by atoms with E-state index in [0.717, 1.165) is 5.56 Å². The summed E-state index contributed by atoms with van der Waals surface area (Å²) < 4.78 is 0. The van der Waals surface area contributed by atoms with Gasteiger partial charge >= 0.3 is 0 Å². The molecule has 0 unspecified atom stereocenters. The molecule has 0 bridgehead atoms. The van der Waals surface area contributed by atoms with E-state index in [2.05, 4.69) is 5.73 Å². The van der Waals surface area contributed by atoms with E-state index in [1.54, 1.807) is 0 Å². The zero-order valence-corrected chi connectivity index (χ0v) is 11.8. The topological polar surface area (TPSA) is 52.0 Å². The molecule has 0 atom stereocenters. The van der Waals surface area contributed by atoms with Gasteiger partial charge in [-0.25, -0.2) is 0 Å². The molecular weight excluding hydrogens is 216 g/mol. The van der Waals surface area contributed by atoms with Crippen molar-refractivity contribution in [3.63, 3.8) is 0 Å². The van der Waals surface area contributed by atoms with Gasteiger partial charge in [-0.1, -0.05) is 56.4 Å². The van der Waals surface area contributed by atoms with Crippen LogP contribution in [0.3, 0.4) is 0 Å². The minimum atomic E-state index is -0.198. The SMILES string of the molecule is CC.CC(C)(C(N)=S)c1ccccc1.CN. The van der Waals surface area contributed by atoms with Crippen LogP contribution < -0.4 is 11.5 Å². The summed E-state index contributed by atoms with van der Waals surface area (Å²) in [6.45, 7) is 8.06. The second kappa shape index (κ2) is 9.31. The fourth-order valence-electron chi connectivity index (χ4n) is 0.997. The molecule has 92 valence electrons. The Labute approximate surface area is 105 Å². The molecule has 0 aliphatic heterocycles. The summed E-state index contributed by atoms with van der Waals surface area (Å²) in [5.74, 6) is 0. The van der Waals surface area contributed by atoms with Crippen molar-refractivity contribution in [3.8, 4) is 0 Å². The van der Waals surface area contributed by atoms with Crippen LogP contribution in [0.5, 0.6) is 0 Å². The molecular formula is C13H24N2S. The highest BCUT2D eigenvalue weighted by Gasteiger charge is 2.22. The zero-order valence-electron chi connectivity index (χ0n) is 10.9. The minimum Gasteiger partial charge on any atom is -0.393 e. The van der Waals surface area contributed by atoms with Crippen molar-refractivity contribution in [3.05, 3.63) is 35.9 Å². The van der Waals surface area contributed by atoms with E-state index in [1.807, 2.05) is 58.0 Å². The molecule has 1 aromatic carbocycles. The molecule has 0 fully saturated rings. The lowest BCUT2D eigenvalue weighted by Gasteiger charge is -2.23. The first kappa shape index (κ1) is 17.5. The van der Waals surface area contributed by atoms with Crippen LogP contribution in [0.1, 0.15) is 33.3 Å². The third-order valence-corrected chi connectivity index (χ3v) is 2.62. The molecule has 1 rings (SSSR count). The maximum Gasteiger partial charge on any atom is 0.0828 e. The van der Waals surface area contributed by atoms with Crippen LogP contribution in [0.15, 0.2) is 30.3 Å². The van der Waals surface area contributed by atoms with E-state index < -0.39 is 0 Å². The Morgan fingerprint density at radius 1 is 1.06 bits per heavy atom. The first-order valence-corrected chi connectivity index (χ1v) is 5.89. The van der Waals surface area contributed by atoms with Gasteiger partial charge in [0.1, 0.15) is 0 Å². The standard InChI is InChI=1S/C10H13NS.C2H6.CH5N/c1-10(2,9(11)12)8-6-4-3-5-7-8;2*1-2/h3-7H,1-2H3,(H2,11,12);1-2H3;2H2,1H3. The third kappa shape index (κ3) is 5.24. The Hall–Kier alpha value is -0.930. The number of thiocarbonyl (C=S) groups is 1. The average molecular weight is 240 g/mol. The number of nitrogens with two attached hydrogens (primary N) is 2. The molecule has 0 radical (unpaired) electrons. The van der Waals surface area contributed by atoms with E-state index in [1.165, 1.54) is 7.05 Å². The molecule has 4 N–H and O–H groups in total. The van der Waals surface area contributed by atoms with Gasteiger partial charge in [-0.05, 0) is 26.5 Å². The van der Waals surface area contributed by atoms with Crippen LogP contribution >= 0.6 is 12.2 Å². The van der Waals surface area contributed by atoms with E-state index in [0.29, 0.717) is 4.99 Å². The number of hydrogen-bond donors (Lipinski definition) is 2. The normalized spacial score (nSPS) is 9.12. The lowest BCUT2D eigenvalue weighted by molar-refractivity contribution is 0.722. The molecule has 0 amide bonds. The predicted octanol–water partition coefficient (Wildman–Crippen LogP) is 2.85. The second-order valence-corrected chi connectivity index (χ2v) is 3.80. The third-order valence-electron chi connectivity index (χ3n) is 2.11. The summed E-state index contributed by atoms with van der Waals surface area (Å²) >= 11 is 4.99. The summed E-state index contributed by atoms with van der Waals surface area (Å²) in [5, 5.41) is 0. The number of benzene rings is 1. The van der Waals surface area contributed by atoms with Gasteiger partial charge in [-0.2, -0.15) is 0 Å². The predicted molar refractivity (Wildman–Crippen MR) is 77.7 cm³/mol. The first-order chi connectivity index (χ1) is 7.55. The van der Waals surface area contributed by atoms with Crippen LogP contribution in [0, 0.1) is 0 Å². The van der Waals surface area contributed by atoms with Gasteiger partial charge < -0.3 is 11.5 Å². The highest BCUT2D eigenvalue weighted by molar-refractivity contribution is 7.80. The molecule has 0 aromatic heterocycles. The summed E-state index contributed by atoms with van der Waals surface area (Å²) in [5.41, 5.74) is 11.1. The lowest BCUT2D eigenvalue weighted by Crippen LogP contribution is -2.33. The number of hydrogen-bond acceptors (Lipinski definition) is 2. The summed E-state index contributed by atoms with van der Waals surface area (Å²) in [6.07, 6.45) is 0. The van der Waals surface area contributed by atoms with Gasteiger partial charge in [0.15, 0.2) is 0 Å². The number of rotatable bonds is 2. The Morgan fingerprint density at radius 3 is 1.75 bits per heavy atom. The van der Waals surface area contributed by atoms with E-state index in [-0.39, 0.29) is 5.41 Å². The molecule has 2 nitrogen and oxygen atoms in total. The van der Waals surface area contributed by atoms with Gasteiger partial charge in [-0.3, -0.25) is 0 Å². The van der Waals surface area contributed by atoms with Crippen molar-refractivity contribution in [2.24, 2.45) is 11.5 Å². The van der Waals surface area contributed by atoms with E-state index >= 15 is 0 Å². The maximum absolute atomic E-state index is 5.63. The monoisotopic (exact) mass is 240 g/mol. The van der Waals surface area contributed by atoms with Crippen molar-refractivity contribution in [1.82, 2.24) is 0 Å². The maximum atomic E-state index is 5.63. The fourth-order valence-corrected chi connectivity index (χ4v) is 1.11. The van der Waals surface area contributed by atoms with Crippen LogP contribution in [-0.4, -0.2) is 12.0 Å². The quantitative estimate of drug-likeness (QED) is 0.782. The van der Waals surface area contributed by atoms with Gasteiger partial charge in [0.25, 0.3) is 0 Å². The van der Waals surface area contributed by atoms with Crippen LogP contribution in [0.2, 0.25) is 0 Å². The average Bonchev–Trinajstić information content (AvgIpc) is 2.35. The van der Waals surface area contributed by atoms with Gasteiger partial charge in [0.05, 0.1) is 4.99 Å². The van der Waals surface area contributed by atoms with Crippen molar-refractivity contribution in [2.75, 3.05) is 7.05 Å². The Morgan fingerprint density at radius 2 is 1.44 bits per heavy atom. The summed E-state index contributed by atoms with van der Waals surface area (Å²) in [4.78, 5) is 0.536. The van der Waals surface area contributed by atoms with E-state index in [9.17, 15) is 0 Å². The minimum absolute atomic E-state index is 0.198. The molecule has 0 aliphatic carbocycles. The van der Waals surface area contributed by atoms with Crippen LogP contribution in [-0.2, 0) is 5.41 Å². The Balaban J connectivity index is 0. The molecule has 0 heterocycles. The van der Waals surface area contributed by atoms with Crippen molar-refractivity contribution in [2.45, 2.75) is 33.1 Å². The van der Waals surface area contributed by atoms with Crippen LogP contribution in [0.4, 0.5) is 0 Å². The highest BCUT2D eigenvalue weighted by atomic mass is 32.1. The largest absolute Gasteiger partial charge is 0.393 e. The van der Waals surface area contributed by atoms with Gasteiger partial charge in [-0.15, -0.1) is 0 Å². The highest BCUT2D eigenvalue weighted by Crippen LogP contribution is 2.22. The Bertz CT molecular complexity index is 281. The smallest absolute Gasteiger partial charge is 0.0828 e. The molecule has 1 aromatic rings. The molecule has 3 heteroatoms. The molecule has 0 aliphatic rings. The molecule has 0 saturated heterocycles. The first-order valence-electron chi connectivity index (χ1n) is 5.48. The zero-order chi connectivity index (χ0) is 13.2. The molecule has 16 heavy (non-hydrogen) atoms. The van der Waals surface area contributed by atoms with E-state index in [4.69, 9.17) is 18.0 Å². The van der Waals surface area contributed by atoms with Gasteiger partial charge in [0, 0.05) is 5.41 Å². The molecule has 0 saturated carbocycles. The van der Waals surface area contributed by atoms with Crippen molar-refractivity contribution >= 4 is 17.2 Å². The van der Waals surface area contributed by atoms with Crippen molar-refractivity contribution in [1.29, 1.82) is 0 Å². The van der Waals surface area contributed by atoms with Crippen molar-refractivity contribution < 1.29 is 0 Å². The van der Waals surface area contributed by atoms with Crippen LogP contribution in [0.25, 0.3) is 0 Å². The summed E-state index contributed by atoms with van der Waals surface area (Å²) in [6, 6.07) is 10.1. The second-order valence-electron chi connectivity index (χ2n) is 3.36.